The lowest BCUT2D eigenvalue weighted by Crippen LogP contribution is -2.28. The van der Waals surface area contributed by atoms with Crippen molar-refractivity contribution in [2.45, 2.75) is 19.4 Å². The summed E-state index contributed by atoms with van der Waals surface area (Å²) in [5.41, 5.74) is 0.993. The van der Waals surface area contributed by atoms with Gasteiger partial charge in [0.15, 0.2) is 0 Å². The van der Waals surface area contributed by atoms with Gasteiger partial charge in [0.25, 0.3) is 5.91 Å². The van der Waals surface area contributed by atoms with Crippen LogP contribution in [0.25, 0.3) is 0 Å². The summed E-state index contributed by atoms with van der Waals surface area (Å²) in [6.45, 7) is 1.79. The van der Waals surface area contributed by atoms with E-state index >= 15 is 0 Å². The number of carbonyl (C=O) groups is 1. The Balaban J connectivity index is 2.06. The van der Waals surface area contributed by atoms with Crippen LogP contribution >= 0.6 is 11.3 Å². The Labute approximate surface area is 127 Å². The molecule has 0 saturated heterocycles. The highest BCUT2D eigenvalue weighted by Gasteiger charge is 2.16. The Hall–Kier alpha value is -2.23. The van der Waals surface area contributed by atoms with Crippen molar-refractivity contribution in [1.82, 2.24) is 15.3 Å². The van der Waals surface area contributed by atoms with Crippen LogP contribution in [0.5, 0.6) is 0 Å². The number of pyridine rings is 1. The quantitative estimate of drug-likeness (QED) is 0.844. The predicted octanol–water partition coefficient (Wildman–Crippen LogP) is 1.76. The summed E-state index contributed by atoms with van der Waals surface area (Å²) in [4.78, 5) is 20.5. The van der Waals surface area contributed by atoms with Crippen molar-refractivity contribution in [3.05, 3.63) is 46.2 Å². The molecule has 2 heterocycles. The molecule has 0 aliphatic rings. The first kappa shape index (κ1) is 15.2. The fourth-order valence-corrected chi connectivity index (χ4v) is 2.49. The van der Waals surface area contributed by atoms with Crippen molar-refractivity contribution >= 4 is 17.2 Å². The van der Waals surface area contributed by atoms with Gasteiger partial charge in [-0.15, -0.1) is 11.3 Å². The average molecular weight is 301 g/mol. The SMILES string of the molecule is CCC(NC(=O)c1ccc(C#CCO)cn1)c1nccs1. The number of aliphatic hydroxyl groups excluding tert-OH is 1. The van der Waals surface area contributed by atoms with Crippen LogP contribution in [0, 0.1) is 11.8 Å². The highest BCUT2D eigenvalue weighted by molar-refractivity contribution is 7.09. The van der Waals surface area contributed by atoms with Crippen molar-refractivity contribution in [1.29, 1.82) is 0 Å². The zero-order chi connectivity index (χ0) is 15.1. The van der Waals surface area contributed by atoms with Gasteiger partial charge in [0, 0.05) is 23.3 Å². The molecule has 5 nitrogen and oxygen atoms in total. The Morgan fingerprint density at radius 2 is 2.33 bits per heavy atom. The number of carbonyl (C=O) groups excluding carboxylic acids is 1. The number of aliphatic hydroxyl groups is 1. The molecule has 0 spiro atoms. The van der Waals surface area contributed by atoms with Crippen LogP contribution in [-0.4, -0.2) is 27.6 Å². The first-order chi connectivity index (χ1) is 10.2. The molecule has 0 aromatic carbocycles. The summed E-state index contributed by atoms with van der Waals surface area (Å²) < 4.78 is 0. The van der Waals surface area contributed by atoms with Gasteiger partial charge in [0.05, 0.1) is 6.04 Å². The smallest absolute Gasteiger partial charge is 0.270 e. The van der Waals surface area contributed by atoms with Gasteiger partial charge in [-0.3, -0.25) is 4.79 Å². The van der Waals surface area contributed by atoms with Crippen molar-refractivity contribution in [3.63, 3.8) is 0 Å². The van der Waals surface area contributed by atoms with Gasteiger partial charge < -0.3 is 10.4 Å². The average Bonchev–Trinajstić information content (AvgIpc) is 3.05. The molecular weight excluding hydrogens is 286 g/mol. The van der Waals surface area contributed by atoms with Gasteiger partial charge in [-0.1, -0.05) is 18.8 Å². The second-order valence-corrected chi connectivity index (χ2v) is 5.12. The molecule has 2 rings (SSSR count). The van der Waals surface area contributed by atoms with E-state index in [-0.39, 0.29) is 18.6 Å². The molecule has 1 amide bonds. The molecule has 0 aliphatic heterocycles. The van der Waals surface area contributed by atoms with Gasteiger partial charge in [-0.05, 0) is 18.6 Å². The molecule has 6 heteroatoms. The zero-order valence-corrected chi connectivity index (χ0v) is 12.4. The second kappa shape index (κ2) is 7.53. The van der Waals surface area contributed by atoms with Crippen LogP contribution in [0.2, 0.25) is 0 Å². The van der Waals surface area contributed by atoms with E-state index in [1.165, 1.54) is 17.5 Å². The van der Waals surface area contributed by atoms with Crippen molar-refractivity contribution < 1.29 is 9.90 Å². The van der Waals surface area contributed by atoms with Gasteiger partial charge in [0.2, 0.25) is 0 Å². The predicted molar refractivity (Wildman–Crippen MR) is 80.8 cm³/mol. The summed E-state index contributed by atoms with van der Waals surface area (Å²) in [6.07, 6.45) is 4.00. The molecule has 2 aromatic heterocycles. The summed E-state index contributed by atoms with van der Waals surface area (Å²) in [5.74, 6) is 5.03. The lowest BCUT2D eigenvalue weighted by molar-refractivity contribution is 0.0930. The maximum Gasteiger partial charge on any atom is 0.270 e. The third-order valence-electron chi connectivity index (χ3n) is 2.77. The minimum atomic E-state index is -0.237. The molecule has 1 atom stereocenters. The number of nitrogens with one attached hydrogen (secondary N) is 1. The Morgan fingerprint density at radius 3 is 2.90 bits per heavy atom. The molecule has 0 bridgehead atoms. The van der Waals surface area contributed by atoms with Crippen LogP contribution in [-0.2, 0) is 0 Å². The molecule has 2 aromatic rings. The summed E-state index contributed by atoms with van der Waals surface area (Å²) >= 11 is 1.52. The van der Waals surface area contributed by atoms with E-state index < -0.39 is 0 Å². The van der Waals surface area contributed by atoms with Crippen LogP contribution in [0.1, 0.15) is 40.4 Å². The maximum absolute atomic E-state index is 12.2. The van der Waals surface area contributed by atoms with E-state index in [0.29, 0.717) is 11.3 Å². The van der Waals surface area contributed by atoms with E-state index in [4.69, 9.17) is 5.11 Å². The van der Waals surface area contributed by atoms with Crippen LogP contribution in [0.15, 0.2) is 29.9 Å². The standard InChI is InChI=1S/C15H15N3O2S/c1-2-12(15-16-7-9-21-15)18-14(20)13-6-5-11(10-17-13)4-3-8-19/h5-7,9-10,12,19H,2,8H2,1H3,(H,18,20). The van der Waals surface area contributed by atoms with Crippen LogP contribution in [0.4, 0.5) is 0 Å². The molecule has 2 N–H and O–H groups in total. The first-order valence-corrected chi connectivity index (χ1v) is 7.38. The fraction of sp³-hybridized carbons (Fsp3) is 0.267. The fourth-order valence-electron chi connectivity index (χ4n) is 1.72. The molecule has 0 aliphatic carbocycles. The lowest BCUT2D eigenvalue weighted by atomic mass is 10.2. The number of nitrogens with zero attached hydrogens (tertiary/aromatic N) is 2. The lowest BCUT2D eigenvalue weighted by Gasteiger charge is -2.13. The Bertz CT molecular complexity index is 642. The third kappa shape index (κ3) is 4.12. The largest absolute Gasteiger partial charge is 0.384 e. The summed E-state index contributed by atoms with van der Waals surface area (Å²) in [5, 5.41) is 14.3. The van der Waals surface area contributed by atoms with Crippen molar-refractivity contribution in [3.8, 4) is 11.8 Å². The molecule has 0 fully saturated rings. The van der Waals surface area contributed by atoms with Crippen molar-refractivity contribution in [2.75, 3.05) is 6.61 Å². The van der Waals surface area contributed by atoms with E-state index in [2.05, 4.69) is 27.1 Å². The number of hydrogen-bond acceptors (Lipinski definition) is 5. The van der Waals surface area contributed by atoms with Gasteiger partial charge >= 0.3 is 0 Å². The number of hydrogen-bond donors (Lipinski definition) is 2. The van der Waals surface area contributed by atoms with Gasteiger partial charge in [-0.25, -0.2) is 9.97 Å². The highest BCUT2D eigenvalue weighted by Crippen LogP contribution is 2.19. The Kier molecular flexibility index (Phi) is 5.43. The number of rotatable bonds is 4. The van der Waals surface area contributed by atoms with Gasteiger partial charge in [0.1, 0.15) is 17.3 Å². The first-order valence-electron chi connectivity index (χ1n) is 6.50. The molecule has 0 saturated carbocycles. The number of thiazole rings is 1. The van der Waals surface area contributed by atoms with Crippen molar-refractivity contribution in [2.24, 2.45) is 0 Å². The molecule has 21 heavy (non-hydrogen) atoms. The maximum atomic E-state index is 12.2. The zero-order valence-electron chi connectivity index (χ0n) is 11.5. The molecule has 0 radical (unpaired) electrons. The minimum absolute atomic E-state index is 0.104. The molecule has 108 valence electrons. The summed E-state index contributed by atoms with van der Waals surface area (Å²) in [7, 11) is 0. The topological polar surface area (TPSA) is 75.1 Å². The molecular formula is C15H15N3O2S. The summed E-state index contributed by atoms with van der Waals surface area (Å²) in [6, 6.07) is 3.22. The third-order valence-corrected chi connectivity index (χ3v) is 3.66. The molecule has 1 unspecified atom stereocenters. The van der Waals surface area contributed by atoms with Gasteiger partial charge in [-0.2, -0.15) is 0 Å². The monoisotopic (exact) mass is 301 g/mol. The minimum Gasteiger partial charge on any atom is -0.384 e. The number of amides is 1. The van der Waals surface area contributed by atoms with Crippen LogP contribution in [0.3, 0.4) is 0 Å². The number of aromatic nitrogens is 2. The van der Waals surface area contributed by atoms with Crippen LogP contribution < -0.4 is 5.32 Å². The van der Waals surface area contributed by atoms with E-state index in [9.17, 15) is 4.79 Å². The second-order valence-electron chi connectivity index (χ2n) is 4.20. The van der Waals surface area contributed by atoms with E-state index in [1.807, 2.05) is 12.3 Å². The normalized spacial score (nSPS) is 11.3. The highest BCUT2D eigenvalue weighted by atomic mass is 32.1. The van der Waals surface area contributed by atoms with E-state index in [0.717, 1.165) is 11.4 Å². The Morgan fingerprint density at radius 1 is 1.48 bits per heavy atom. The van der Waals surface area contributed by atoms with E-state index in [1.54, 1.807) is 18.3 Å².